The van der Waals surface area contributed by atoms with Gasteiger partial charge in [0.25, 0.3) is 6.48 Å². The summed E-state index contributed by atoms with van der Waals surface area (Å²) < 4.78 is 27.6. The van der Waals surface area contributed by atoms with Crippen molar-refractivity contribution in [2.75, 3.05) is 31.3 Å². The van der Waals surface area contributed by atoms with Gasteiger partial charge in [0.05, 0.1) is 29.3 Å². The van der Waals surface area contributed by atoms with E-state index in [9.17, 15) is 10.2 Å². The smallest absolute Gasteiger partial charge is 0.271 e. The Labute approximate surface area is 240 Å². The molecule has 0 amide bonds. The number of oxazole rings is 2. The summed E-state index contributed by atoms with van der Waals surface area (Å²) in [6.45, 7) is 7.10. The normalized spacial score (nSPS) is 10.9. The van der Waals surface area contributed by atoms with Crippen LogP contribution in [0.3, 0.4) is 0 Å². The number of nitrogens with two attached hydrogens (primary N) is 2. The van der Waals surface area contributed by atoms with Gasteiger partial charge in [0, 0.05) is 19.8 Å². The fraction of sp³-hybridized carbons (Fsp3) is 0.333. The Morgan fingerprint density at radius 3 is 1.36 bits per heavy atom. The summed E-state index contributed by atoms with van der Waals surface area (Å²) in [4.78, 5) is 8.15. The molecule has 0 radical (unpaired) electrons. The summed E-state index contributed by atoms with van der Waals surface area (Å²) in [6.07, 6.45) is 2.78. The first-order chi connectivity index (χ1) is 17.1. The summed E-state index contributed by atoms with van der Waals surface area (Å²) in [5.41, 5.74) is 13.7. The molecule has 4 rings (SSSR count). The van der Waals surface area contributed by atoms with Gasteiger partial charge in [-0.1, -0.05) is 0 Å². The van der Waals surface area contributed by atoms with Crippen LogP contribution in [-0.2, 0) is 14.2 Å². The number of hydrogen-bond donors (Lipinski definition) is 4. The highest BCUT2D eigenvalue weighted by Crippen LogP contribution is 2.47. The predicted molar refractivity (Wildman–Crippen MR) is 150 cm³/mol. The van der Waals surface area contributed by atoms with Crippen LogP contribution in [0.25, 0.3) is 22.2 Å². The second kappa shape index (κ2) is 14.4. The number of ether oxygens (including phenoxy) is 3. The van der Waals surface area contributed by atoms with Crippen molar-refractivity contribution >= 4 is 97.3 Å². The first-order valence-electron chi connectivity index (χ1n) is 10.3. The van der Waals surface area contributed by atoms with E-state index in [1.54, 1.807) is 0 Å². The van der Waals surface area contributed by atoms with Crippen molar-refractivity contribution in [3.63, 3.8) is 0 Å². The molecule has 0 saturated carbocycles. The third-order valence-electron chi connectivity index (χ3n) is 4.26. The zero-order valence-electron chi connectivity index (χ0n) is 19.4. The van der Waals surface area contributed by atoms with E-state index in [4.69, 9.17) is 34.5 Å². The van der Waals surface area contributed by atoms with Gasteiger partial charge in [-0.2, -0.15) is 0 Å². The summed E-state index contributed by atoms with van der Waals surface area (Å²) in [5.74, 6) is -0.366. The average Bonchev–Trinajstić information content (AvgIpc) is 3.56. The average molecular weight is 764 g/mol. The minimum Gasteiger partial charge on any atom is -0.505 e. The molecule has 0 saturated heterocycles. The molecule has 0 fully saturated rings. The van der Waals surface area contributed by atoms with Gasteiger partial charge in [0.15, 0.2) is 35.5 Å². The van der Waals surface area contributed by atoms with Crippen LogP contribution < -0.4 is 11.5 Å². The lowest BCUT2D eigenvalue weighted by molar-refractivity contribution is -0.282. The Morgan fingerprint density at radius 1 is 0.722 bits per heavy atom. The maximum Gasteiger partial charge on any atom is 0.271 e. The van der Waals surface area contributed by atoms with E-state index in [1.807, 2.05) is 20.8 Å². The number of halogens is 4. The minimum absolute atomic E-state index is 0.0496. The topological polar surface area (TPSA) is 172 Å². The monoisotopic (exact) mass is 760 g/mol. The van der Waals surface area contributed by atoms with E-state index in [0.717, 1.165) is 20.0 Å². The molecular formula is C21H24Br4N4O7. The van der Waals surface area contributed by atoms with E-state index >= 15 is 0 Å². The highest BCUT2D eigenvalue weighted by molar-refractivity contribution is 9.11. The largest absolute Gasteiger partial charge is 0.505 e. The highest BCUT2D eigenvalue weighted by atomic mass is 79.9. The van der Waals surface area contributed by atoms with E-state index in [1.165, 1.54) is 12.8 Å². The lowest BCUT2D eigenvalue weighted by Gasteiger charge is -2.15. The zero-order valence-corrected chi connectivity index (χ0v) is 25.7. The number of hydrogen-bond acceptors (Lipinski definition) is 11. The number of benzene rings is 2. The van der Waals surface area contributed by atoms with E-state index in [0.29, 0.717) is 31.0 Å². The van der Waals surface area contributed by atoms with Crippen LogP contribution in [0.1, 0.15) is 20.8 Å². The number of nitrogens with zero attached hydrogens (tertiary/aromatic N) is 2. The Hall–Kier alpha value is -1.62. The zero-order chi connectivity index (χ0) is 27.0. The van der Waals surface area contributed by atoms with Gasteiger partial charge < -0.3 is 44.7 Å². The molecule has 6 N–H and O–H groups in total. The van der Waals surface area contributed by atoms with Crippen molar-refractivity contribution in [2.24, 2.45) is 0 Å². The standard InChI is InChI=1S/C8H2Br2N2O2.C7H16O3.C6H6Br2N2O2/c9-3-5-7(13-1-11-5)4(10)6-8(3)14-2-12-6;1-4-8-7(9-5-2)10-6-3;7-1-3(9)6(12)2(8)4(10)5(1)11/h1-2H;7H,4-6H2,1-3H3;11-12H,9-10H2. The Balaban J connectivity index is 0.000000194. The van der Waals surface area contributed by atoms with Crippen LogP contribution in [0.4, 0.5) is 11.4 Å². The third-order valence-corrected chi connectivity index (χ3v) is 7.33. The van der Waals surface area contributed by atoms with Gasteiger partial charge in [-0.15, -0.1) is 0 Å². The number of phenolic OH excluding ortho intramolecular Hbond substituents is 2. The van der Waals surface area contributed by atoms with Gasteiger partial charge in [-0.05, 0) is 84.5 Å². The predicted octanol–water partition coefficient (Wildman–Crippen LogP) is 6.66. The molecule has 0 atom stereocenters. The molecule has 0 bridgehead atoms. The molecule has 0 aliphatic carbocycles. The van der Waals surface area contributed by atoms with Gasteiger partial charge in [0.1, 0.15) is 11.0 Å². The molecular weight excluding hydrogens is 740 g/mol. The Bertz CT molecular complexity index is 1080. The van der Waals surface area contributed by atoms with Crippen LogP contribution in [0.15, 0.2) is 39.5 Å². The summed E-state index contributed by atoms with van der Waals surface area (Å²) in [6, 6.07) is 0. The van der Waals surface area contributed by atoms with Gasteiger partial charge >= 0.3 is 0 Å². The molecule has 11 nitrogen and oxygen atoms in total. The SMILES string of the molecule is Brc1c2ncoc2c(Br)c2ncoc12.CCOC(OCC)OCC.Nc1c(O)c(Br)c(N)c(O)c1Br. The lowest BCUT2D eigenvalue weighted by atomic mass is 10.2. The Kier molecular flexibility index (Phi) is 12.2. The van der Waals surface area contributed by atoms with E-state index < -0.39 is 6.48 Å². The van der Waals surface area contributed by atoms with Gasteiger partial charge in [-0.3, -0.25) is 0 Å². The van der Waals surface area contributed by atoms with Crippen LogP contribution in [0, 0.1) is 0 Å². The van der Waals surface area contributed by atoms with Crippen LogP contribution >= 0.6 is 63.7 Å². The minimum atomic E-state index is -0.472. The molecule has 2 heterocycles. The number of fused-ring (bicyclic) bond motifs is 2. The number of aromatic hydroxyl groups is 2. The number of phenols is 2. The van der Waals surface area contributed by atoms with Gasteiger partial charge in [0.2, 0.25) is 0 Å². The quantitative estimate of drug-likeness (QED) is 0.0716. The molecule has 0 unspecified atom stereocenters. The van der Waals surface area contributed by atoms with Crippen molar-refractivity contribution < 1.29 is 33.3 Å². The van der Waals surface area contributed by atoms with E-state index in [2.05, 4.69) is 73.7 Å². The third kappa shape index (κ3) is 7.02. The van der Waals surface area contributed by atoms with E-state index in [-0.39, 0.29) is 31.8 Å². The summed E-state index contributed by atoms with van der Waals surface area (Å²) in [7, 11) is 0. The second-order valence-corrected chi connectivity index (χ2v) is 9.67. The second-order valence-electron chi connectivity index (χ2n) is 6.50. The van der Waals surface area contributed by atoms with Crippen LogP contribution in [0.5, 0.6) is 11.5 Å². The lowest BCUT2D eigenvalue weighted by Crippen LogP contribution is -2.20. The number of anilines is 2. The summed E-state index contributed by atoms with van der Waals surface area (Å²) in [5, 5.41) is 18.6. The van der Waals surface area contributed by atoms with Crippen molar-refractivity contribution in [1.82, 2.24) is 9.97 Å². The molecule has 0 aliphatic heterocycles. The molecule has 2 aromatic carbocycles. The van der Waals surface area contributed by atoms with Gasteiger partial charge in [-0.25, -0.2) is 9.97 Å². The number of nitrogen functional groups attached to an aromatic ring is 2. The number of rotatable bonds is 6. The molecule has 36 heavy (non-hydrogen) atoms. The van der Waals surface area contributed by atoms with Crippen molar-refractivity contribution in [1.29, 1.82) is 0 Å². The molecule has 0 aliphatic rings. The van der Waals surface area contributed by atoms with Crippen molar-refractivity contribution in [3.8, 4) is 11.5 Å². The highest BCUT2D eigenvalue weighted by Gasteiger charge is 2.18. The molecule has 4 aromatic rings. The fourth-order valence-electron chi connectivity index (χ4n) is 2.58. The molecule has 198 valence electrons. The molecule has 15 heteroatoms. The molecule has 0 spiro atoms. The fourth-order valence-corrected chi connectivity index (χ4v) is 4.51. The maximum atomic E-state index is 9.30. The first-order valence-corrected chi connectivity index (χ1v) is 13.5. The first kappa shape index (κ1) is 30.6. The maximum absolute atomic E-state index is 9.30. The van der Waals surface area contributed by atoms with Crippen LogP contribution in [-0.4, -0.2) is 46.5 Å². The Morgan fingerprint density at radius 2 is 1.06 bits per heavy atom. The van der Waals surface area contributed by atoms with Crippen LogP contribution in [0.2, 0.25) is 0 Å². The van der Waals surface area contributed by atoms with Crippen molar-refractivity contribution in [3.05, 3.63) is 30.7 Å². The number of aromatic nitrogens is 2. The molecule has 2 aromatic heterocycles. The summed E-state index contributed by atoms with van der Waals surface area (Å²) >= 11 is 12.8. The van der Waals surface area contributed by atoms with Crippen molar-refractivity contribution in [2.45, 2.75) is 27.2 Å².